The molecule has 0 amide bonds. The summed E-state index contributed by atoms with van der Waals surface area (Å²) in [5, 5.41) is 3.15. The van der Waals surface area contributed by atoms with Crippen LogP contribution in [-0.2, 0) is 5.41 Å². The van der Waals surface area contributed by atoms with Crippen LogP contribution in [0.1, 0.15) is 31.9 Å². The normalized spacial score (nSPS) is 16.1. The van der Waals surface area contributed by atoms with Gasteiger partial charge in [0.15, 0.2) is 11.4 Å². The summed E-state index contributed by atoms with van der Waals surface area (Å²) in [5.41, 5.74) is 11.4. The van der Waals surface area contributed by atoms with Crippen molar-refractivity contribution in [2.75, 3.05) is 0 Å². The summed E-state index contributed by atoms with van der Waals surface area (Å²) in [6.07, 6.45) is 0. The summed E-state index contributed by atoms with van der Waals surface area (Å²) < 4.78 is 13.5. The number of fused-ring (bicyclic) bond motifs is 9. The molecular weight excluding hydrogens is 528 g/mol. The molecule has 1 aliphatic carbocycles. The first-order valence-corrected chi connectivity index (χ1v) is 14.9. The van der Waals surface area contributed by atoms with Crippen LogP contribution >= 0.6 is 0 Å². The maximum Gasteiger partial charge on any atom is 0.180 e. The lowest BCUT2D eigenvalue weighted by Crippen LogP contribution is -2.28. The van der Waals surface area contributed by atoms with Crippen molar-refractivity contribution >= 4 is 44.0 Å². The van der Waals surface area contributed by atoms with Crippen LogP contribution in [0.15, 0.2) is 118 Å². The molecule has 4 heteroatoms. The Morgan fingerprint density at radius 1 is 0.628 bits per heavy atom. The smallest absolute Gasteiger partial charge is 0.180 e. The highest BCUT2D eigenvalue weighted by Gasteiger charge is 2.45. The fraction of sp³-hybridized carbons (Fsp3) is 0.128. The number of rotatable bonds is 3. The molecule has 1 atom stereocenters. The van der Waals surface area contributed by atoms with Crippen molar-refractivity contribution in [1.82, 2.24) is 9.97 Å². The second-order valence-electron chi connectivity index (χ2n) is 12.1. The van der Waals surface area contributed by atoms with Gasteiger partial charge in [-0.05, 0) is 52.4 Å². The van der Waals surface area contributed by atoms with Crippen molar-refractivity contribution < 1.29 is 8.83 Å². The number of para-hydroxylation sites is 2. The molecule has 0 spiro atoms. The second-order valence-corrected chi connectivity index (χ2v) is 12.1. The molecule has 0 fully saturated rings. The minimum absolute atomic E-state index is 0.287. The van der Waals surface area contributed by atoms with Gasteiger partial charge in [0.2, 0.25) is 0 Å². The zero-order valence-electron chi connectivity index (χ0n) is 24.2. The van der Waals surface area contributed by atoms with Crippen LogP contribution in [0.3, 0.4) is 0 Å². The lowest BCUT2D eigenvalue weighted by Gasteiger charge is -2.33. The SMILES string of the molecule is CC(C)C1(C)c2ccccc2-c2cc3c(oc4ccccc43)c(-c3nc(-c4ccccc4)nc4c3oc3ccccc34)c21. The maximum absolute atomic E-state index is 6.80. The van der Waals surface area contributed by atoms with Crippen molar-refractivity contribution in [2.24, 2.45) is 5.92 Å². The van der Waals surface area contributed by atoms with Crippen molar-refractivity contribution in [3.8, 4) is 33.8 Å². The highest BCUT2D eigenvalue weighted by atomic mass is 16.3. The zero-order chi connectivity index (χ0) is 28.9. The lowest BCUT2D eigenvalue weighted by atomic mass is 9.69. The number of aromatic nitrogens is 2. The molecule has 3 aromatic heterocycles. The van der Waals surface area contributed by atoms with Crippen LogP contribution in [0.5, 0.6) is 0 Å². The Kier molecular flexibility index (Phi) is 4.91. The first kappa shape index (κ1) is 24.4. The molecule has 5 aromatic carbocycles. The van der Waals surface area contributed by atoms with Crippen LogP contribution < -0.4 is 0 Å². The Morgan fingerprint density at radius 3 is 2.07 bits per heavy atom. The molecule has 9 rings (SSSR count). The van der Waals surface area contributed by atoms with Gasteiger partial charge >= 0.3 is 0 Å². The van der Waals surface area contributed by atoms with E-state index >= 15 is 0 Å². The second kappa shape index (κ2) is 8.65. The Labute approximate surface area is 248 Å². The summed E-state index contributed by atoms with van der Waals surface area (Å²) in [7, 11) is 0. The predicted molar refractivity (Wildman–Crippen MR) is 174 cm³/mol. The Morgan fingerprint density at radius 2 is 1.28 bits per heavy atom. The van der Waals surface area contributed by atoms with Crippen molar-refractivity contribution in [1.29, 1.82) is 0 Å². The van der Waals surface area contributed by atoms with Crippen LogP contribution in [0, 0.1) is 5.92 Å². The zero-order valence-corrected chi connectivity index (χ0v) is 24.2. The first-order valence-electron chi connectivity index (χ1n) is 14.9. The molecule has 1 aliphatic rings. The number of hydrogen-bond acceptors (Lipinski definition) is 4. The molecule has 43 heavy (non-hydrogen) atoms. The average Bonchev–Trinajstić information content (AvgIpc) is 3.69. The molecule has 0 bridgehead atoms. The van der Waals surface area contributed by atoms with Gasteiger partial charge in [0.05, 0.1) is 5.56 Å². The van der Waals surface area contributed by atoms with Crippen molar-refractivity contribution in [3.05, 3.63) is 120 Å². The summed E-state index contributed by atoms with van der Waals surface area (Å²) in [6.45, 7) is 6.99. The Bertz CT molecular complexity index is 2400. The molecule has 3 heterocycles. The molecule has 0 radical (unpaired) electrons. The van der Waals surface area contributed by atoms with Crippen LogP contribution in [0.4, 0.5) is 0 Å². The summed E-state index contributed by atoms with van der Waals surface area (Å²) >= 11 is 0. The lowest BCUT2D eigenvalue weighted by molar-refractivity contribution is 0.415. The van der Waals surface area contributed by atoms with E-state index in [-0.39, 0.29) is 5.41 Å². The molecule has 0 saturated heterocycles. The summed E-state index contributed by atoms with van der Waals surface area (Å²) in [6, 6.07) is 37.8. The molecule has 206 valence electrons. The van der Waals surface area contributed by atoms with E-state index in [0.717, 1.165) is 55.2 Å². The highest BCUT2D eigenvalue weighted by Crippen LogP contribution is 2.58. The third kappa shape index (κ3) is 3.21. The molecule has 8 aromatic rings. The Balaban J connectivity index is 1.53. The topological polar surface area (TPSA) is 52.1 Å². The predicted octanol–water partition coefficient (Wildman–Crippen LogP) is 10.6. The summed E-state index contributed by atoms with van der Waals surface area (Å²) in [4.78, 5) is 10.5. The minimum Gasteiger partial charge on any atom is -0.455 e. The number of furan rings is 2. The van der Waals surface area contributed by atoms with E-state index in [2.05, 4.69) is 81.4 Å². The van der Waals surface area contributed by atoms with Crippen LogP contribution in [0.2, 0.25) is 0 Å². The quantitative estimate of drug-likeness (QED) is 0.217. The monoisotopic (exact) mass is 556 g/mol. The Hall–Kier alpha value is -5.22. The van der Waals surface area contributed by atoms with Gasteiger partial charge in [0, 0.05) is 27.1 Å². The highest BCUT2D eigenvalue weighted by molar-refractivity contribution is 6.16. The van der Waals surface area contributed by atoms with Gasteiger partial charge in [-0.2, -0.15) is 0 Å². The van der Waals surface area contributed by atoms with Gasteiger partial charge in [-0.25, -0.2) is 9.97 Å². The van der Waals surface area contributed by atoms with Crippen molar-refractivity contribution in [3.63, 3.8) is 0 Å². The largest absolute Gasteiger partial charge is 0.455 e. The number of hydrogen-bond donors (Lipinski definition) is 0. The third-order valence-corrected chi connectivity index (χ3v) is 9.61. The molecule has 0 aliphatic heterocycles. The van der Waals surface area contributed by atoms with E-state index in [1.54, 1.807) is 0 Å². The number of benzene rings is 5. The van der Waals surface area contributed by atoms with Gasteiger partial charge in [0.1, 0.15) is 28.0 Å². The van der Waals surface area contributed by atoms with E-state index in [0.29, 0.717) is 17.3 Å². The molecule has 0 N–H and O–H groups in total. The standard InChI is InChI=1S/C39H28N2O2/c1-22(2)39(3)29-18-10-7-15-24(29)27-21-28-25-16-8-11-19-30(25)42-36(28)32(33(27)39)35-37-34(26-17-9-12-20-31(26)43-37)40-38(41-35)23-13-5-4-6-14-23/h4-22H,1-3H3. The van der Waals surface area contributed by atoms with Gasteiger partial charge in [-0.15, -0.1) is 0 Å². The maximum atomic E-state index is 6.80. The van der Waals surface area contributed by atoms with E-state index < -0.39 is 0 Å². The minimum atomic E-state index is -0.287. The fourth-order valence-corrected chi connectivity index (χ4v) is 7.22. The third-order valence-electron chi connectivity index (χ3n) is 9.61. The van der Waals surface area contributed by atoms with E-state index in [1.165, 1.54) is 22.3 Å². The molecule has 1 unspecified atom stereocenters. The molecular formula is C39H28N2O2. The van der Waals surface area contributed by atoms with Gasteiger partial charge in [0.25, 0.3) is 0 Å². The van der Waals surface area contributed by atoms with E-state index in [4.69, 9.17) is 18.8 Å². The number of nitrogens with zero attached hydrogens (tertiary/aromatic N) is 2. The fourth-order valence-electron chi connectivity index (χ4n) is 7.22. The van der Waals surface area contributed by atoms with Crippen LogP contribution in [0.25, 0.3) is 77.8 Å². The van der Waals surface area contributed by atoms with Crippen molar-refractivity contribution in [2.45, 2.75) is 26.2 Å². The van der Waals surface area contributed by atoms with Gasteiger partial charge < -0.3 is 8.83 Å². The average molecular weight is 557 g/mol. The van der Waals surface area contributed by atoms with Gasteiger partial charge in [-0.1, -0.05) is 106 Å². The summed E-state index contributed by atoms with van der Waals surface area (Å²) in [5.74, 6) is 0.968. The molecule has 0 saturated carbocycles. The first-order chi connectivity index (χ1) is 21.0. The van der Waals surface area contributed by atoms with E-state index in [9.17, 15) is 0 Å². The van der Waals surface area contributed by atoms with Gasteiger partial charge in [-0.3, -0.25) is 0 Å². The molecule has 4 nitrogen and oxygen atoms in total. The van der Waals surface area contributed by atoms with Crippen LogP contribution in [-0.4, -0.2) is 9.97 Å². The van der Waals surface area contributed by atoms with E-state index in [1.807, 2.05) is 48.5 Å².